The van der Waals surface area contributed by atoms with E-state index in [0.29, 0.717) is 25.1 Å². The number of fused-ring (bicyclic) bond motifs is 1. The number of β-lactam (4-membered cyclic amide) rings is 1. The number of hydrogen-bond acceptors (Lipinski definition) is 5. The molecule has 4 rings (SSSR count). The van der Waals surface area contributed by atoms with E-state index in [0.717, 1.165) is 5.56 Å². The van der Waals surface area contributed by atoms with Crippen LogP contribution in [0.3, 0.4) is 0 Å². The van der Waals surface area contributed by atoms with E-state index >= 15 is 0 Å². The monoisotopic (exact) mass is 394 g/mol. The quantitative estimate of drug-likeness (QED) is 0.452. The maximum atomic E-state index is 12.8. The number of carbonyl (C=O) groups is 3. The minimum absolute atomic E-state index is 0.0260. The first-order valence-electron chi connectivity index (χ1n) is 9.56. The highest BCUT2D eigenvalue weighted by atomic mass is 16.5. The lowest BCUT2D eigenvalue weighted by atomic mass is 9.81. The van der Waals surface area contributed by atoms with Gasteiger partial charge in [0, 0.05) is 12.6 Å². The Morgan fingerprint density at radius 1 is 1.28 bits per heavy atom. The first-order chi connectivity index (χ1) is 14.1. The molecule has 0 aromatic heterocycles. The van der Waals surface area contributed by atoms with Crippen LogP contribution in [0.25, 0.3) is 0 Å². The van der Waals surface area contributed by atoms with Crippen molar-refractivity contribution < 1.29 is 23.9 Å². The second-order valence-electron chi connectivity index (χ2n) is 7.34. The third kappa shape index (κ3) is 4.08. The van der Waals surface area contributed by atoms with Crippen LogP contribution in [0, 0.1) is 5.41 Å². The molecule has 2 heterocycles. The van der Waals surface area contributed by atoms with Gasteiger partial charge < -0.3 is 14.8 Å². The van der Waals surface area contributed by atoms with Crippen molar-refractivity contribution in [1.29, 1.82) is 0 Å². The molecule has 2 atom stereocenters. The molecule has 1 aromatic carbocycles. The topological polar surface area (TPSA) is 84.9 Å². The van der Waals surface area contributed by atoms with Gasteiger partial charge in [0.05, 0.1) is 13.0 Å². The van der Waals surface area contributed by atoms with E-state index in [-0.39, 0.29) is 37.2 Å². The summed E-state index contributed by atoms with van der Waals surface area (Å²) in [6.45, 7) is 0.593. The Hall–Kier alpha value is -3.35. The Morgan fingerprint density at radius 2 is 2.10 bits per heavy atom. The van der Waals surface area contributed by atoms with E-state index in [1.165, 1.54) is 6.08 Å². The van der Waals surface area contributed by atoms with E-state index in [2.05, 4.69) is 5.32 Å². The molecule has 1 aromatic rings. The number of amides is 2. The van der Waals surface area contributed by atoms with Crippen LogP contribution in [0.4, 0.5) is 0 Å². The van der Waals surface area contributed by atoms with Gasteiger partial charge in [0.2, 0.25) is 11.8 Å². The third-order valence-electron chi connectivity index (χ3n) is 5.26. The fourth-order valence-corrected chi connectivity index (χ4v) is 3.51. The highest BCUT2D eigenvalue weighted by molar-refractivity contribution is 5.90. The standard InChI is InChI=1S/C22H22N2O5/c25-18(11-17-13-24-19(26)12-20(24)29-17)23-15-22(9-5-2-6-10-22)21(27)28-14-16-7-3-1-4-8-16/h1-9,11,20H,10,12-15H2,(H,23,25)/b17-11+/t20?,22-/m0/s1. The van der Waals surface area contributed by atoms with E-state index in [4.69, 9.17) is 9.47 Å². The number of nitrogens with zero attached hydrogens (tertiary/aromatic N) is 1. The Kier molecular flexibility index (Phi) is 5.20. The minimum atomic E-state index is -0.952. The number of ether oxygens (including phenoxy) is 2. The van der Waals surface area contributed by atoms with Gasteiger partial charge >= 0.3 is 5.97 Å². The zero-order valence-corrected chi connectivity index (χ0v) is 15.9. The molecule has 1 N–H and O–H groups in total. The van der Waals surface area contributed by atoms with E-state index in [1.807, 2.05) is 42.5 Å². The summed E-state index contributed by atoms with van der Waals surface area (Å²) >= 11 is 0. The van der Waals surface area contributed by atoms with Crippen LogP contribution in [-0.4, -0.2) is 42.0 Å². The van der Waals surface area contributed by atoms with Crippen LogP contribution in [0.15, 0.2) is 66.5 Å². The normalized spacial score (nSPS) is 25.9. The van der Waals surface area contributed by atoms with Crippen molar-refractivity contribution in [3.05, 3.63) is 72.0 Å². The predicted molar refractivity (Wildman–Crippen MR) is 104 cm³/mol. The smallest absolute Gasteiger partial charge is 0.318 e. The van der Waals surface area contributed by atoms with Gasteiger partial charge in [-0.25, -0.2) is 0 Å². The number of carbonyl (C=O) groups excluding carboxylic acids is 3. The molecule has 7 heteroatoms. The number of benzene rings is 1. The molecule has 7 nitrogen and oxygen atoms in total. The number of nitrogens with one attached hydrogen (secondary N) is 1. The minimum Gasteiger partial charge on any atom is -0.472 e. The zero-order chi connectivity index (χ0) is 20.3. The lowest BCUT2D eigenvalue weighted by Crippen LogP contribution is -2.48. The van der Waals surface area contributed by atoms with Gasteiger partial charge in [-0.1, -0.05) is 54.6 Å². The van der Waals surface area contributed by atoms with Gasteiger partial charge in [-0.2, -0.15) is 0 Å². The van der Waals surface area contributed by atoms with Crippen molar-refractivity contribution in [3.63, 3.8) is 0 Å². The van der Waals surface area contributed by atoms with Crippen LogP contribution in [0.1, 0.15) is 18.4 Å². The molecular weight excluding hydrogens is 372 g/mol. The van der Waals surface area contributed by atoms with E-state index in [1.54, 1.807) is 17.1 Å². The average molecular weight is 394 g/mol. The van der Waals surface area contributed by atoms with Crippen molar-refractivity contribution in [1.82, 2.24) is 10.2 Å². The molecule has 0 spiro atoms. The van der Waals surface area contributed by atoms with Gasteiger partial charge in [0.15, 0.2) is 6.23 Å². The molecule has 150 valence electrons. The second kappa shape index (κ2) is 7.95. The van der Waals surface area contributed by atoms with Crippen LogP contribution in [0.2, 0.25) is 0 Å². The Bertz CT molecular complexity index is 905. The second-order valence-corrected chi connectivity index (χ2v) is 7.34. The Morgan fingerprint density at radius 3 is 2.79 bits per heavy atom. The Balaban J connectivity index is 1.36. The van der Waals surface area contributed by atoms with Crippen molar-refractivity contribution in [2.24, 2.45) is 5.41 Å². The largest absolute Gasteiger partial charge is 0.472 e. The van der Waals surface area contributed by atoms with Gasteiger partial charge in [0.1, 0.15) is 17.8 Å². The van der Waals surface area contributed by atoms with Crippen molar-refractivity contribution >= 4 is 17.8 Å². The molecule has 29 heavy (non-hydrogen) atoms. The third-order valence-corrected chi connectivity index (χ3v) is 5.26. The van der Waals surface area contributed by atoms with E-state index < -0.39 is 5.41 Å². The van der Waals surface area contributed by atoms with Gasteiger partial charge in [0.25, 0.3) is 0 Å². The highest BCUT2D eigenvalue weighted by Gasteiger charge is 2.44. The lowest BCUT2D eigenvalue weighted by Gasteiger charge is -2.30. The molecule has 2 amide bonds. The summed E-state index contributed by atoms with van der Waals surface area (Å²) in [5.74, 6) is -0.272. The summed E-state index contributed by atoms with van der Waals surface area (Å²) < 4.78 is 11.1. The van der Waals surface area contributed by atoms with Crippen LogP contribution in [0.5, 0.6) is 0 Å². The fraction of sp³-hybridized carbons (Fsp3) is 0.318. The maximum Gasteiger partial charge on any atom is 0.318 e. The molecule has 2 saturated heterocycles. The summed E-state index contributed by atoms with van der Waals surface area (Å²) in [7, 11) is 0. The van der Waals surface area contributed by atoms with Gasteiger partial charge in [-0.3, -0.25) is 19.3 Å². The molecule has 2 aliphatic heterocycles. The maximum absolute atomic E-state index is 12.8. The Labute approximate surface area is 168 Å². The van der Waals surface area contributed by atoms with E-state index in [9.17, 15) is 14.4 Å². The summed E-state index contributed by atoms with van der Waals surface area (Å²) in [6, 6.07) is 9.45. The summed E-state index contributed by atoms with van der Waals surface area (Å²) in [6.07, 6.45) is 9.19. The van der Waals surface area contributed by atoms with Crippen molar-refractivity contribution in [3.8, 4) is 0 Å². The van der Waals surface area contributed by atoms with Crippen molar-refractivity contribution in [2.75, 3.05) is 13.1 Å². The summed E-state index contributed by atoms with van der Waals surface area (Å²) in [5, 5.41) is 2.78. The number of esters is 1. The fourth-order valence-electron chi connectivity index (χ4n) is 3.51. The number of hydrogen-bond donors (Lipinski definition) is 1. The average Bonchev–Trinajstić information content (AvgIpc) is 3.07. The molecular formula is C22H22N2O5. The summed E-state index contributed by atoms with van der Waals surface area (Å²) in [4.78, 5) is 38.2. The number of allylic oxidation sites excluding steroid dienone is 3. The molecule has 1 aliphatic carbocycles. The van der Waals surface area contributed by atoms with Crippen LogP contribution in [-0.2, 0) is 30.5 Å². The molecule has 0 saturated carbocycles. The highest BCUT2D eigenvalue weighted by Crippen LogP contribution is 2.31. The van der Waals surface area contributed by atoms with Crippen LogP contribution < -0.4 is 5.32 Å². The first-order valence-corrected chi connectivity index (χ1v) is 9.56. The van der Waals surface area contributed by atoms with Crippen molar-refractivity contribution in [2.45, 2.75) is 25.7 Å². The SMILES string of the molecule is O=C(/C=C1\CN2C(=O)CC2O1)NC[C@]1(C(=O)OCc2ccccc2)C=CC=CC1. The molecule has 2 fully saturated rings. The summed E-state index contributed by atoms with van der Waals surface area (Å²) in [5.41, 5.74) is -0.0511. The molecule has 3 aliphatic rings. The lowest BCUT2D eigenvalue weighted by molar-refractivity contribution is -0.154. The predicted octanol–water partition coefficient (Wildman–Crippen LogP) is 1.82. The van der Waals surface area contributed by atoms with Gasteiger partial charge in [-0.05, 0) is 12.0 Å². The van der Waals surface area contributed by atoms with Crippen LogP contribution >= 0.6 is 0 Å². The molecule has 0 radical (unpaired) electrons. The molecule has 1 unspecified atom stereocenters. The zero-order valence-electron chi connectivity index (χ0n) is 15.9. The first kappa shape index (κ1) is 19.0. The number of rotatable bonds is 6. The van der Waals surface area contributed by atoms with Gasteiger partial charge in [-0.15, -0.1) is 0 Å². The molecule has 0 bridgehead atoms.